The molecular formula is C33H39ClN4O2. The van der Waals surface area contributed by atoms with Crippen LogP contribution in [0.4, 0.5) is 5.69 Å². The molecule has 4 aromatic rings. The highest BCUT2D eigenvalue weighted by molar-refractivity contribution is 6.30. The SMILES string of the molecule is CC(=O)c1ccc(N2CCN(C)CC2)cc1Oc1cnc2[nH]ccc2c1.CC1=CCCCC1.Clc1ccccc1. The number of rotatable bonds is 4. The highest BCUT2D eigenvalue weighted by atomic mass is 35.5. The van der Waals surface area contributed by atoms with Gasteiger partial charge in [0.25, 0.3) is 0 Å². The molecule has 2 aromatic heterocycles. The Morgan fingerprint density at radius 1 is 1.00 bits per heavy atom. The minimum absolute atomic E-state index is 0.0133. The Hall–Kier alpha value is -3.61. The van der Waals surface area contributed by atoms with Gasteiger partial charge in [-0.1, -0.05) is 41.4 Å². The molecule has 210 valence electrons. The molecule has 0 spiro atoms. The molecule has 1 N–H and O–H groups in total. The zero-order valence-electron chi connectivity index (χ0n) is 23.7. The number of hydrogen-bond acceptors (Lipinski definition) is 5. The lowest BCUT2D eigenvalue weighted by Gasteiger charge is -2.34. The second-order valence-corrected chi connectivity index (χ2v) is 10.7. The molecule has 0 amide bonds. The summed E-state index contributed by atoms with van der Waals surface area (Å²) < 4.78 is 6.07. The number of carbonyl (C=O) groups excluding carboxylic acids is 1. The third-order valence-corrected chi connectivity index (χ3v) is 7.32. The van der Waals surface area contributed by atoms with Crippen LogP contribution < -0.4 is 9.64 Å². The van der Waals surface area contributed by atoms with E-state index in [1.165, 1.54) is 25.7 Å². The molecule has 40 heavy (non-hydrogen) atoms. The predicted molar refractivity (Wildman–Crippen MR) is 166 cm³/mol. The number of pyridine rings is 1. The van der Waals surface area contributed by atoms with E-state index in [0.29, 0.717) is 17.1 Å². The van der Waals surface area contributed by atoms with E-state index in [2.05, 4.69) is 39.8 Å². The van der Waals surface area contributed by atoms with Crippen molar-refractivity contribution in [1.82, 2.24) is 14.9 Å². The van der Waals surface area contributed by atoms with Crippen molar-refractivity contribution in [3.8, 4) is 11.5 Å². The number of aromatic nitrogens is 2. The lowest BCUT2D eigenvalue weighted by Crippen LogP contribution is -2.44. The van der Waals surface area contributed by atoms with Crippen LogP contribution in [-0.2, 0) is 0 Å². The van der Waals surface area contributed by atoms with Crippen molar-refractivity contribution in [2.75, 3.05) is 38.1 Å². The van der Waals surface area contributed by atoms with Gasteiger partial charge in [0, 0.05) is 54.5 Å². The van der Waals surface area contributed by atoms with Gasteiger partial charge < -0.3 is 19.5 Å². The van der Waals surface area contributed by atoms with Crippen molar-refractivity contribution in [3.63, 3.8) is 0 Å². The Bertz CT molecular complexity index is 1410. The fourth-order valence-corrected chi connectivity index (χ4v) is 4.81. The van der Waals surface area contributed by atoms with Crippen LogP contribution in [-0.4, -0.2) is 53.9 Å². The van der Waals surface area contributed by atoms with Gasteiger partial charge in [0.15, 0.2) is 5.78 Å². The molecule has 0 bridgehead atoms. The van der Waals surface area contributed by atoms with Gasteiger partial charge in [-0.25, -0.2) is 4.98 Å². The number of aromatic amines is 1. The van der Waals surface area contributed by atoms with E-state index in [0.717, 1.165) is 47.9 Å². The van der Waals surface area contributed by atoms with Crippen molar-refractivity contribution >= 4 is 34.1 Å². The Labute approximate surface area is 242 Å². The second kappa shape index (κ2) is 14.7. The number of benzene rings is 2. The summed E-state index contributed by atoms with van der Waals surface area (Å²) >= 11 is 5.54. The normalized spacial score (nSPS) is 15.3. The molecule has 2 aliphatic rings. The van der Waals surface area contributed by atoms with Crippen molar-refractivity contribution in [1.29, 1.82) is 0 Å². The number of nitrogens with one attached hydrogen (secondary N) is 1. The maximum atomic E-state index is 12.0. The number of allylic oxidation sites excluding steroid dienone is 2. The molecule has 1 aliphatic heterocycles. The van der Waals surface area contributed by atoms with E-state index < -0.39 is 0 Å². The van der Waals surface area contributed by atoms with Crippen LogP contribution in [0.2, 0.25) is 5.02 Å². The van der Waals surface area contributed by atoms with Crippen LogP contribution in [0.25, 0.3) is 11.0 Å². The highest BCUT2D eigenvalue weighted by Gasteiger charge is 2.18. The Morgan fingerprint density at radius 3 is 2.38 bits per heavy atom. The Balaban J connectivity index is 0.000000215. The number of fused-ring (bicyclic) bond motifs is 1. The quantitative estimate of drug-likeness (QED) is 0.202. The van der Waals surface area contributed by atoms with E-state index >= 15 is 0 Å². The first-order valence-electron chi connectivity index (χ1n) is 13.9. The summed E-state index contributed by atoms with van der Waals surface area (Å²) in [5, 5.41) is 1.77. The minimum Gasteiger partial charge on any atom is -0.455 e. The van der Waals surface area contributed by atoms with E-state index in [1.54, 1.807) is 18.7 Å². The molecule has 1 saturated heterocycles. The number of halogens is 1. The largest absolute Gasteiger partial charge is 0.455 e. The summed E-state index contributed by atoms with van der Waals surface area (Å²) in [6.45, 7) is 7.76. The van der Waals surface area contributed by atoms with Crippen LogP contribution in [0.1, 0.15) is 49.9 Å². The molecule has 0 radical (unpaired) electrons. The topological polar surface area (TPSA) is 61.5 Å². The van der Waals surface area contributed by atoms with Crippen LogP contribution in [0, 0.1) is 0 Å². The van der Waals surface area contributed by atoms with Gasteiger partial charge in [-0.05, 0) is 83.0 Å². The predicted octanol–water partition coefficient (Wildman–Crippen LogP) is 8.16. The van der Waals surface area contributed by atoms with Crippen molar-refractivity contribution in [2.45, 2.75) is 39.5 Å². The van der Waals surface area contributed by atoms with E-state index in [9.17, 15) is 4.79 Å². The van der Waals surface area contributed by atoms with Crippen LogP contribution in [0.15, 0.2) is 84.7 Å². The van der Waals surface area contributed by atoms with Crippen molar-refractivity contribution in [2.24, 2.45) is 0 Å². The van der Waals surface area contributed by atoms with Crippen LogP contribution in [0.5, 0.6) is 11.5 Å². The molecule has 2 aromatic carbocycles. The summed E-state index contributed by atoms with van der Waals surface area (Å²) in [6, 6.07) is 19.1. The number of Topliss-reactive ketones (excluding diaryl/α,β-unsaturated/α-hetero) is 1. The number of ether oxygens (including phenoxy) is 1. The maximum absolute atomic E-state index is 12.0. The fourth-order valence-electron chi connectivity index (χ4n) is 4.66. The van der Waals surface area contributed by atoms with Crippen LogP contribution in [0.3, 0.4) is 0 Å². The molecule has 0 saturated carbocycles. The summed E-state index contributed by atoms with van der Waals surface area (Å²) in [5.41, 5.74) is 4.06. The molecule has 3 heterocycles. The number of nitrogens with zero attached hydrogens (tertiary/aromatic N) is 3. The summed E-state index contributed by atoms with van der Waals surface area (Å²) in [5.74, 6) is 1.18. The monoisotopic (exact) mass is 558 g/mol. The highest BCUT2D eigenvalue weighted by Crippen LogP contribution is 2.31. The van der Waals surface area contributed by atoms with Gasteiger partial charge in [-0.2, -0.15) is 0 Å². The zero-order chi connectivity index (χ0) is 28.3. The third kappa shape index (κ3) is 8.70. The smallest absolute Gasteiger partial charge is 0.163 e. The Kier molecular flexibility index (Phi) is 10.8. The summed E-state index contributed by atoms with van der Waals surface area (Å²) in [6.07, 6.45) is 11.4. The molecule has 1 fully saturated rings. The summed E-state index contributed by atoms with van der Waals surface area (Å²) in [4.78, 5) is 24.1. The average Bonchev–Trinajstić information content (AvgIpc) is 3.43. The first-order valence-corrected chi connectivity index (χ1v) is 14.3. The van der Waals surface area contributed by atoms with Crippen LogP contribution >= 0.6 is 11.6 Å². The van der Waals surface area contributed by atoms with Gasteiger partial charge in [-0.3, -0.25) is 4.79 Å². The van der Waals surface area contributed by atoms with Gasteiger partial charge in [-0.15, -0.1) is 0 Å². The van der Waals surface area contributed by atoms with E-state index in [1.807, 2.05) is 66.9 Å². The molecule has 7 heteroatoms. The van der Waals surface area contributed by atoms with Gasteiger partial charge >= 0.3 is 0 Å². The number of carbonyl (C=O) groups is 1. The lowest BCUT2D eigenvalue weighted by molar-refractivity contribution is 0.101. The summed E-state index contributed by atoms with van der Waals surface area (Å²) in [7, 11) is 2.13. The minimum atomic E-state index is -0.0133. The van der Waals surface area contributed by atoms with Crippen molar-refractivity contribution in [3.05, 3.63) is 95.3 Å². The number of anilines is 1. The first kappa shape index (κ1) is 29.4. The first-order chi connectivity index (χ1) is 19.4. The number of H-pyrrole nitrogens is 1. The second-order valence-electron chi connectivity index (χ2n) is 10.3. The molecular weight excluding hydrogens is 520 g/mol. The van der Waals surface area contributed by atoms with Crippen molar-refractivity contribution < 1.29 is 9.53 Å². The number of piperazine rings is 1. The molecule has 6 rings (SSSR count). The molecule has 6 nitrogen and oxygen atoms in total. The Morgan fingerprint density at radius 2 is 1.77 bits per heavy atom. The number of hydrogen-bond donors (Lipinski definition) is 1. The standard InChI is InChI=1S/C20H22N4O2.C7H12.C6H5Cl/c1-14(25)18-4-3-16(24-9-7-23(2)8-10-24)12-19(18)26-17-11-15-5-6-21-20(15)22-13-17;1-7-5-3-2-4-6-7;7-6-4-2-1-3-5-6/h3-6,11-13H,7-10H2,1-2H3,(H,21,22);5H,2-4,6H2,1H3;1-5H. The average molecular weight is 559 g/mol. The van der Waals surface area contributed by atoms with E-state index in [-0.39, 0.29) is 5.78 Å². The number of likely N-dealkylation sites (N-methyl/N-ethyl adjacent to an activating group) is 1. The fraction of sp³-hybridized carbons (Fsp3) is 0.333. The van der Waals surface area contributed by atoms with Gasteiger partial charge in [0.05, 0.1) is 11.8 Å². The molecule has 0 atom stereocenters. The van der Waals surface area contributed by atoms with E-state index in [4.69, 9.17) is 16.3 Å². The number of ketones is 1. The van der Waals surface area contributed by atoms with Gasteiger partial charge in [0.1, 0.15) is 17.1 Å². The molecule has 1 aliphatic carbocycles. The van der Waals surface area contributed by atoms with Gasteiger partial charge in [0.2, 0.25) is 0 Å². The zero-order valence-corrected chi connectivity index (χ0v) is 24.5. The maximum Gasteiger partial charge on any atom is 0.163 e. The lowest BCUT2D eigenvalue weighted by atomic mass is 10.0. The third-order valence-electron chi connectivity index (χ3n) is 7.07. The molecule has 0 unspecified atom stereocenters.